The lowest BCUT2D eigenvalue weighted by molar-refractivity contribution is 0.368. The summed E-state index contributed by atoms with van der Waals surface area (Å²) in [5, 5.41) is 0.830. The molecule has 0 aliphatic heterocycles. The molecule has 2 aromatic rings. The van der Waals surface area contributed by atoms with Gasteiger partial charge < -0.3 is 4.90 Å². The molecule has 0 spiro atoms. The Morgan fingerprint density at radius 3 is 2.50 bits per heavy atom. The lowest BCUT2D eigenvalue weighted by atomic mass is 9.93. The number of fused-ring (bicyclic) bond motifs is 1. The van der Waals surface area contributed by atoms with E-state index in [0.717, 1.165) is 11.6 Å². The number of nitrogens with zero attached hydrogens (tertiary/aromatic N) is 1. The molecule has 1 nitrogen and oxygen atoms in total. The van der Waals surface area contributed by atoms with E-state index in [2.05, 4.69) is 61.5 Å². The number of hydrogen-bond acceptors (Lipinski definition) is 1. The lowest BCUT2D eigenvalue weighted by Crippen LogP contribution is -2.19. The van der Waals surface area contributed by atoms with Crippen LogP contribution in [0.2, 0.25) is 5.02 Å². The van der Waals surface area contributed by atoms with E-state index in [4.69, 9.17) is 11.6 Å². The van der Waals surface area contributed by atoms with Crippen LogP contribution in [0.1, 0.15) is 34.9 Å². The Kier molecular flexibility index (Phi) is 3.82. The largest absolute Gasteiger partial charge is 0.309 e. The van der Waals surface area contributed by atoms with Gasteiger partial charge in [-0.3, -0.25) is 0 Å². The zero-order chi connectivity index (χ0) is 14.1. The average molecular weight is 286 g/mol. The van der Waals surface area contributed by atoms with Crippen LogP contribution in [0.25, 0.3) is 0 Å². The van der Waals surface area contributed by atoms with Gasteiger partial charge in [0.2, 0.25) is 0 Å². The van der Waals surface area contributed by atoms with Crippen LogP contribution in [0, 0.1) is 0 Å². The van der Waals surface area contributed by atoms with Crippen LogP contribution in [0.3, 0.4) is 0 Å². The average Bonchev–Trinajstić information content (AvgIpc) is 2.77. The van der Waals surface area contributed by atoms with Crippen LogP contribution in [-0.2, 0) is 0 Å². The molecule has 2 heteroatoms. The molecular formula is C18H20ClN. The van der Waals surface area contributed by atoms with Crippen molar-refractivity contribution in [1.82, 2.24) is 4.90 Å². The van der Waals surface area contributed by atoms with Gasteiger partial charge in [0.15, 0.2) is 0 Å². The first kappa shape index (κ1) is 13.7. The number of rotatable bonds is 3. The summed E-state index contributed by atoms with van der Waals surface area (Å²) in [4.78, 5) is 2.28. The summed E-state index contributed by atoms with van der Waals surface area (Å²) in [5.74, 6) is 1.10. The van der Waals surface area contributed by atoms with Crippen molar-refractivity contribution in [1.29, 1.82) is 0 Å². The fourth-order valence-electron chi connectivity index (χ4n) is 3.39. The first-order chi connectivity index (χ1) is 9.65. The molecule has 2 aromatic carbocycles. The van der Waals surface area contributed by atoms with E-state index in [1.807, 2.05) is 6.07 Å². The molecular weight excluding hydrogens is 266 g/mol. The van der Waals surface area contributed by atoms with E-state index in [1.54, 1.807) is 0 Å². The molecule has 0 bridgehead atoms. The standard InChI is InChI=1S/C18H20ClN/c1-20(2)12-14-11-18(13-6-5-7-15(19)10-13)17-9-4-3-8-16(14)17/h3-10,14,18H,11-12H2,1-2H3/t14-,18-/m0/s1. The van der Waals surface area contributed by atoms with Crippen LogP contribution in [0.4, 0.5) is 0 Å². The summed E-state index contributed by atoms with van der Waals surface area (Å²) in [7, 11) is 4.30. The van der Waals surface area contributed by atoms with Crippen molar-refractivity contribution < 1.29 is 0 Å². The van der Waals surface area contributed by atoms with Crippen LogP contribution < -0.4 is 0 Å². The topological polar surface area (TPSA) is 3.24 Å². The number of halogens is 1. The highest BCUT2D eigenvalue weighted by Gasteiger charge is 2.31. The first-order valence-corrected chi connectivity index (χ1v) is 7.52. The Hall–Kier alpha value is -1.31. The second-order valence-corrected chi connectivity index (χ2v) is 6.37. The zero-order valence-corrected chi connectivity index (χ0v) is 12.8. The van der Waals surface area contributed by atoms with E-state index < -0.39 is 0 Å². The smallest absolute Gasteiger partial charge is 0.0408 e. The number of benzene rings is 2. The van der Waals surface area contributed by atoms with Crippen LogP contribution >= 0.6 is 11.6 Å². The third-order valence-corrected chi connectivity index (χ3v) is 4.40. The molecule has 0 saturated carbocycles. The minimum absolute atomic E-state index is 0.481. The van der Waals surface area contributed by atoms with Gasteiger partial charge in [-0.15, -0.1) is 0 Å². The van der Waals surface area contributed by atoms with Crippen LogP contribution in [0.15, 0.2) is 48.5 Å². The van der Waals surface area contributed by atoms with Gasteiger partial charge >= 0.3 is 0 Å². The van der Waals surface area contributed by atoms with Gasteiger partial charge in [0.05, 0.1) is 0 Å². The Morgan fingerprint density at radius 2 is 1.80 bits per heavy atom. The Balaban J connectivity index is 1.98. The van der Waals surface area contributed by atoms with Crippen molar-refractivity contribution in [3.8, 4) is 0 Å². The molecule has 20 heavy (non-hydrogen) atoms. The molecule has 0 amide bonds. The molecule has 0 saturated heterocycles. The lowest BCUT2D eigenvalue weighted by Gasteiger charge is -2.17. The fourth-order valence-corrected chi connectivity index (χ4v) is 3.59. The third-order valence-electron chi connectivity index (χ3n) is 4.17. The van der Waals surface area contributed by atoms with Gasteiger partial charge in [0, 0.05) is 17.5 Å². The van der Waals surface area contributed by atoms with Crippen LogP contribution in [-0.4, -0.2) is 25.5 Å². The van der Waals surface area contributed by atoms with Crippen molar-refractivity contribution >= 4 is 11.6 Å². The van der Waals surface area contributed by atoms with Gasteiger partial charge in [-0.25, -0.2) is 0 Å². The van der Waals surface area contributed by atoms with Gasteiger partial charge in [0.25, 0.3) is 0 Å². The second-order valence-electron chi connectivity index (χ2n) is 5.93. The molecule has 1 aliphatic carbocycles. The zero-order valence-electron chi connectivity index (χ0n) is 12.0. The maximum atomic E-state index is 6.16. The normalized spacial score (nSPS) is 21.2. The molecule has 1 aliphatic rings. The van der Waals surface area contributed by atoms with Crippen LogP contribution in [0.5, 0.6) is 0 Å². The predicted octanol–water partition coefficient (Wildman–Crippen LogP) is 4.52. The highest BCUT2D eigenvalue weighted by atomic mass is 35.5. The minimum atomic E-state index is 0.481. The number of likely N-dealkylation sites (N-methyl/N-ethyl adjacent to an activating group) is 1. The van der Waals surface area contributed by atoms with Gasteiger partial charge in [-0.05, 0) is 55.3 Å². The summed E-state index contributed by atoms with van der Waals surface area (Å²) < 4.78 is 0. The Labute approximate surface area is 126 Å². The van der Waals surface area contributed by atoms with E-state index >= 15 is 0 Å². The molecule has 0 heterocycles. The van der Waals surface area contributed by atoms with E-state index in [1.165, 1.54) is 23.1 Å². The maximum Gasteiger partial charge on any atom is 0.0408 e. The monoisotopic (exact) mass is 285 g/mol. The maximum absolute atomic E-state index is 6.16. The van der Waals surface area contributed by atoms with Gasteiger partial charge in [-0.2, -0.15) is 0 Å². The SMILES string of the molecule is CN(C)C[C@@H]1C[C@@H](c2cccc(Cl)c2)c2ccccc21. The Bertz CT molecular complexity index is 606. The summed E-state index contributed by atoms with van der Waals surface area (Å²) in [6, 6.07) is 17.2. The van der Waals surface area contributed by atoms with E-state index in [0.29, 0.717) is 11.8 Å². The third kappa shape index (κ3) is 2.61. The van der Waals surface area contributed by atoms with Crippen molar-refractivity contribution in [2.45, 2.75) is 18.3 Å². The molecule has 0 unspecified atom stereocenters. The molecule has 0 aromatic heterocycles. The van der Waals surface area contributed by atoms with Crippen molar-refractivity contribution in [3.63, 3.8) is 0 Å². The fraction of sp³-hybridized carbons (Fsp3) is 0.333. The van der Waals surface area contributed by atoms with Crippen molar-refractivity contribution in [2.75, 3.05) is 20.6 Å². The van der Waals surface area contributed by atoms with E-state index in [9.17, 15) is 0 Å². The molecule has 0 fully saturated rings. The van der Waals surface area contributed by atoms with Gasteiger partial charge in [-0.1, -0.05) is 48.0 Å². The minimum Gasteiger partial charge on any atom is -0.309 e. The van der Waals surface area contributed by atoms with Crippen molar-refractivity contribution in [2.24, 2.45) is 0 Å². The second kappa shape index (κ2) is 5.59. The highest BCUT2D eigenvalue weighted by molar-refractivity contribution is 6.30. The summed E-state index contributed by atoms with van der Waals surface area (Å²) >= 11 is 6.16. The highest BCUT2D eigenvalue weighted by Crippen LogP contribution is 2.45. The summed E-state index contributed by atoms with van der Waals surface area (Å²) in [6.45, 7) is 1.11. The first-order valence-electron chi connectivity index (χ1n) is 7.14. The quantitative estimate of drug-likeness (QED) is 0.801. The van der Waals surface area contributed by atoms with Crippen molar-refractivity contribution in [3.05, 3.63) is 70.2 Å². The summed E-state index contributed by atoms with van der Waals surface area (Å²) in [6.07, 6.45) is 1.18. The summed E-state index contributed by atoms with van der Waals surface area (Å²) in [5.41, 5.74) is 4.32. The van der Waals surface area contributed by atoms with E-state index in [-0.39, 0.29) is 0 Å². The molecule has 0 radical (unpaired) electrons. The molecule has 3 rings (SSSR count). The molecule has 0 N–H and O–H groups in total. The molecule has 104 valence electrons. The number of hydrogen-bond donors (Lipinski definition) is 0. The Morgan fingerprint density at radius 1 is 1.05 bits per heavy atom. The predicted molar refractivity (Wildman–Crippen MR) is 85.6 cm³/mol. The van der Waals surface area contributed by atoms with Gasteiger partial charge in [0.1, 0.15) is 0 Å². The molecule has 2 atom stereocenters.